The highest BCUT2D eigenvalue weighted by molar-refractivity contribution is 7.11. The molecule has 2 heterocycles. The molecule has 0 saturated heterocycles. The van der Waals surface area contributed by atoms with E-state index in [2.05, 4.69) is 9.59 Å². The van der Waals surface area contributed by atoms with Gasteiger partial charge in [-0.25, -0.2) is 4.90 Å². The lowest BCUT2D eigenvalue weighted by Gasteiger charge is -2.12. The van der Waals surface area contributed by atoms with Gasteiger partial charge >= 0.3 is 0 Å². The first-order valence-electron chi connectivity index (χ1n) is 6.73. The summed E-state index contributed by atoms with van der Waals surface area (Å²) in [7, 11) is 0. The zero-order valence-electron chi connectivity index (χ0n) is 11.6. The number of nitrogens with zero attached hydrogens (tertiary/aromatic N) is 3. The van der Waals surface area contributed by atoms with Gasteiger partial charge in [0.1, 0.15) is 5.69 Å². The fourth-order valence-electron chi connectivity index (χ4n) is 2.50. The smallest absolute Gasteiger partial charge is 0.266 e. The summed E-state index contributed by atoms with van der Waals surface area (Å²) in [6.07, 6.45) is 0. The Morgan fingerprint density at radius 1 is 0.913 bits per heavy atom. The fraction of sp³-hybridized carbons (Fsp3) is 0. The lowest BCUT2D eigenvalue weighted by atomic mass is 10.1. The van der Waals surface area contributed by atoms with Gasteiger partial charge in [-0.15, -0.1) is 5.10 Å². The number of carbonyl (C=O) groups is 2. The second-order valence-electron chi connectivity index (χ2n) is 4.92. The molecular formula is C16H8ClN3O2S. The number of hydrogen-bond donors (Lipinski definition) is 0. The number of benzene rings is 2. The minimum Gasteiger partial charge on any atom is -0.268 e. The Hall–Kier alpha value is -2.57. The van der Waals surface area contributed by atoms with E-state index in [1.165, 1.54) is 0 Å². The van der Waals surface area contributed by atoms with Crippen LogP contribution in [0.1, 0.15) is 20.7 Å². The predicted molar refractivity (Wildman–Crippen MR) is 87.9 cm³/mol. The number of anilines is 1. The van der Waals surface area contributed by atoms with Gasteiger partial charge in [-0.2, -0.15) is 0 Å². The van der Waals surface area contributed by atoms with Crippen LogP contribution in [0.15, 0.2) is 48.5 Å². The maximum Gasteiger partial charge on any atom is 0.266 e. The summed E-state index contributed by atoms with van der Waals surface area (Å²) in [6, 6.07) is 13.8. The third kappa shape index (κ3) is 2.15. The molecule has 7 heteroatoms. The Morgan fingerprint density at radius 3 is 2.13 bits per heavy atom. The molecule has 0 radical (unpaired) electrons. The van der Waals surface area contributed by atoms with Crippen LogP contribution in [-0.4, -0.2) is 21.4 Å². The van der Waals surface area contributed by atoms with Gasteiger partial charge in [0.05, 0.1) is 11.1 Å². The van der Waals surface area contributed by atoms with Crippen LogP contribution in [0.3, 0.4) is 0 Å². The molecule has 112 valence electrons. The van der Waals surface area contributed by atoms with Crippen molar-refractivity contribution in [1.82, 2.24) is 9.59 Å². The van der Waals surface area contributed by atoms with Crippen molar-refractivity contribution < 1.29 is 9.59 Å². The third-order valence-electron chi connectivity index (χ3n) is 3.59. The highest BCUT2D eigenvalue weighted by Crippen LogP contribution is 2.37. The van der Waals surface area contributed by atoms with Crippen LogP contribution < -0.4 is 4.90 Å². The minimum absolute atomic E-state index is 0.355. The van der Waals surface area contributed by atoms with Crippen molar-refractivity contribution in [2.45, 2.75) is 0 Å². The molecule has 0 unspecified atom stereocenters. The summed E-state index contributed by atoms with van der Waals surface area (Å²) in [4.78, 5) is 26.3. The zero-order valence-corrected chi connectivity index (χ0v) is 13.1. The number of imide groups is 1. The van der Waals surface area contributed by atoms with Crippen molar-refractivity contribution in [2.24, 2.45) is 0 Å². The molecule has 0 bridgehead atoms. The van der Waals surface area contributed by atoms with E-state index in [0.29, 0.717) is 26.8 Å². The average Bonchev–Trinajstić information content (AvgIpc) is 3.13. The Labute approximate surface area is 140 Å². The SMILES string of the molecule is O=C1c2ccccc2C(=O)N1c1snnc1-c1ccc(Cl)cc1. The fourth-order valence-corrected chi connectivity index (χ4v) is 3.31. The quantitative estimate of drug-likeness (QED) is 0.667. The topological polar surface area (TPSA) is 63.2 Å². The van der Waals surface area contributed by atoms with Crippen LogP contribution in [0.4, 0.5) is 5.00 Å². The summed E-state index contributed by atoms with van der Waals surface area (Å²) in [5.41, 5.74) is 2.02. The van der Waals surface area contributed by atoms with Crippen LogP contribution in [0.2, 0.25) is 5.02 Å². The Bertz CT molecular complexity index is 902. The Morgan fingerprint density at radius 2 is 1.52 bits per heavy atom. The molecule has 0 aliphatic carbocycles. The summed E-state index contributed by atoms with van der Waals surface area (Å²) in [6.45, 7) is 0. The van der Waals surface area contributed by atoms with Crippen LogP contribution >= 0.6 is 23.1 Å². The first kappa shape index (κ1) is 14.0. The average molecular weight is 342 g/mol. The number of aromatic nitrogens is 2. The van der Waals surface area contributed by atoms with E-state index < -0.39 is 0 Å². The Kier molecular flexibility index (Phi) is 3.21. The molecule has 3 aromatic rings. The molecule has 2 aromatic carbocycles. The van der Waals surface area contributed by atoms with Gasteiger partial charge in [0.15, 0.2) is 5.00 Å². The first-order valence-corrected chi connectivity index (χ1v) is 7.88. The van der Waals surface area contributed by atoms with Crippen molar-refractivity contribution in [1.29, 1.82) is 0 Å². The Balaban J connectivity index is 1.82. The van der Waals surface area contributed by atoms with E-state index in [-0.39, 0.29) is 11.8 Å². The van der Waals surface area contributed by atoms with Crippen molar-refractivity contribution in [3.8, 4) is 11.3 Å². The monoisotopic (exact) mass is 341 g/mol. The maximum atomic E-state index is 12.6. The molecular weight excluding hydrogens is 334 g/mol. The number of rotatable bonds is 2. The summed E-state index contributed by atoms with van der Waals surface area (Å²) < 4.78 is 3.91. The highest BCUT2D eigenvalue weighted by Gasteiger charge is 2.39. The molecule has 0 fully saturated rings. The number of fused-ring (bicyclic) bond motifs is 1. The van der Waals surface area contributed by atoms with Crippen molar-refractivity contribution in [2.75, 3.05) is 4.90 Å². The molecule has 23 heavy (non-hydrogen) atoms. The summed E-state index contributed by atoms with van der Waals surface area (Å²) >= 11 is 6.91. The normalized spacial score (nSPS) is 13.5. The highest BCUT2D eigenvalue weighted by atomic mass is 35.5. The van der Waals surface area contributed by atoms with E-state index in [9.17, 15) is 9.59 Å². The second-order valence-corrected chi connectivity index (χ2v) is 6.09. The predicted octanol–water partition coefficient (Wildman–Crippen LogP) is 3.66. The molecule has 4 rings (SSSR count). The van der Waals surface area contributed by atoms with Gasteiger partial charge in [-0.3, -0.25) is 9.59 Å². The van der Waals surface area contributed by atoms with E-state index in [1.807, 2.05) is 0 Å². The standard InChI is InChI=1S/C16H8ClN3O2S/c17-10-7-5-9(6-8-10)13-16(23-19-18-13)20-14(21)11-3-1-2-4-12(11)15(20)22/h1-8H. The number of amides is 2. The van der Waals surface area contributed by atoms with E-state index >= 15 is 0 Å². The molecule has 0 N–H and O–H groups in total. The lowest BCUT2D eigenvalue weighted by Crippen LogP contribution is -2.29. The molecule has 5 nitrogen and oxygen atoms in total. The molecule has 2 amide bonds. The third-order valence-corrected chi connectivity index (χ3v) is 4.55. The van der Waals surface area contributed by atoms with Crippen LogP contribution in [-0.2, 0) is 0 Å². The van der Waals surface area contributed by atoms with Crippen molar-refractivity contribution in [3.05, 3.63) is 64.7 Å². The molecule has 1 aliphatic heterocycles. The van der Waals surface area contributed by atoms with Crippen LogP contribution in [0, 0.1) is 0 Å². The molecule has 0 saturated carbocycles. The molecule has 1 aromatic heterocycles. The van der Waals surface area contributed by atoms with Gasteiger partial charge in [0, 0.05) is 22.1 Å². The number of halogens is 1. The maximum absolute atomic E-state index is 12.6. The van der Waals surface area contributed by atoms with Gasteiger partial charge in [0.25, 0.3) is 11.8 Å². The number of carbonyl (C=O) groups excluding carboxylic acids is 2. The number of hydrogen-bond acceptors (Lipinski definition) is 5. The van der Waals surface area contributed by atoms with Gasteiger partial charge in [-0.1, -0.05) is 40.4 Å². The van der Waals surface area contributed by atoms with E-state index in [0.717, 1.165) is 22.0 Å². The summed E-state index contributed by atoms with van der Waals surface area (Å²) in [5.74, 6) is -0.710. The first-order chi connectivity index (χ1) is 11.2. The van der Waals surface area contributed by atoms with Crippen molar-refractivity contribution >= 4 is 39.9 Å². The molecule has 1 aliphatic rings. The zero-order chi connectivity index (χ0) is 16.0. The summed E-state index contributed by atoms with van der Waals surface area (Å²) in [5, 5.41) is 5.08. The van der Waals surface area contributed by atoms with Gasteiger partial charge in [-0.05, 0) is 24.3 Å². The van der Waals surface area contributed by atoms with Crippen molar-refractivity contribution in [3.63, 3.8) is 0 Å². The van der Waals surface area contributed by atoms with Crippen LogP contribution in [0.25, 0.3) is 11.3 Å². The van der Waals surface area contributed by atoms with E-state index in [4.69, 9.17) is 11.6 Å². The molecule has 0 atom stereocenters. The lowest BCUT2D eigenvalue weighted by molar-refractivity contribution is 0.0927. The minimum atomic E-state index is -0.355. The van der Waals surface area contributed by atoms with Gasteiger partial charge < -0.3 is 0 Å². The largest absolute Gasteiger partial charge is 0.268 e. The van der Waals surface area contributed by atoms with E-state index in [1.54, 1.807) is 48.5 Å². The van der Waals surface area contributed by atoms with Crippen LogP contribution in [0.5, 0.6) is 0 Å². The molecule has 0 spiro atoms. The second kappa shape index (κ2) is 5.26. The van der Waals surface area contributed by atoms with Gasteiger partial charge in [0.2, 0.25) is 0 Å².